The van der Waals surface area contributed by atoms with Crippen LogP contribution in [0.5, 0.6) is 5.75 Å². The van der Waals surface area contributed by atoms with Gasteiger partial charge in [-0.15, -0.1) is 0 Å². The number of hydrogen-bond donors (Lipinski definition) is 1. The number of fused-ring (bicyclic) bond motifs is 1. The van der Waals surface area contributed by atoms with Gasteiger partial charge in [-0.25, -0.2) is 0 Å². The SMILES string of the molecule is NCCc1nc(-c2ccc3c(c2)CCCO3)no1. The van der Waals surface area contributed by atoms with Crippen molar-refractivity contribution in [2.24, 2.45) is 5.73 Å². The summed E-state index contributed by atoms with van der Waals surface area (Å²) in [6.45, 7) is 1.31. The molecule has 0 amide bonds. The first-order chi connectivity index (χ1) is 8.86. The fraction of sp³-hybridized carbons (Fsp3) is 0.385. The second-order valence-electron chi connectivity index (χ2n) is 4.32. The summed E-state index contributed by atoms with van der Waals surface area (Å²) in [5.74, 6) is 2.17. The molecular formula is C13H15N3O2. The number of ether oxygens (including phenoxy) is 1. The Morgan fingerprint density at radius 1 is 1.33 bits per heavy atom. The van der Waals surface area contributed by atoms with Crippen LogP contribution in [0, 0.1) is 0 Å². The number of benzene rings is 1. The van der Waals surface area contributed by atoms with Crippen LogP contribution in [0.4, 0.5) is 0 Å². The Morgan fingerprint density at radius 3 is 3.17 bits per heavy atom. The van der Waals surface area contributed by atoms with E-state index in [0.29, 0.717) is 24.7 Å². The molecule has 5 nitrogen and oxygen atoms in total. The van der Waals surface area contributed by atoms with Crippen LogP contribution in [0.1, 0.15) is 17.9 Å². The number of aryl methyl sites for hydroxylation is 1. The number of rotatable bonds is 3. The van der Waals surface area contributed by atoms with Crippen molar-refractivity contribution in [2.75, 3.05) is 13.2 Å². The highest BCUT2D eigenvalue weighted by molar-refractivity contribution is 5.58. The quantitative estimate of drug-likeness (QED) is 0.888. The van der Waals surface area contributed by atoms with Crippen LogP contribution in [0.3, 0.4) is 0 Å². The molecule has 0 spiro atoms. The standard InChI is InChI=1S/C13H15N3O2/c14-6-5-12-15-13(16-18-12)10-3-4-11-9(8-10)2-1-7-17-11/h3-4,8H,1-2,5-7,14H2. The summed E-state index contributed by atoms with van der Waals surface area (Å²) in [5.41, 5.74) is 7.63. The molecule has 1 aromatic heterocycles. The first-order valence-electron chi connectivity index (χ1n) is 6.15. The van der Waals surface area contributed by atoms with Gasteiger partial charge < -0.3 is 15.0 Å². The fourth-order valence-electron chi connectivity index (χ4n) is 2.10. The molecule has 18 heavy (non-hydrogen) atoms. The van der Waals surface area contributed by atoms with Gasteiger partial charge in [-0.05, 0) is 36.6 Å². The van der Waals surface area contributed by atoms with Gasteiger partial charge in [0.05, 0.1) is 6.61 Å². The van der Waals surface area contributed by atoms with Gasteiger partial charge in [-0.3, -0.25) is 0 Å². The van der Waals surface area contributed by atoms with Crippen molar-refractivity contribution in [1.29, 1.82) is 0 Å². The number of nitrogens with zero attached hydrogens (tertiary/aromatic N) is 2. The Balaban J connectivity index is 1.91. The Kier molecular flexibility index (Phi) is 2.98. The van der Waals surface area contributed by atoms with Gasteiger partial charge >= 0.3 is 0 Å². The van der Waals surface area contributed by atoms with E-state index in [1.54, 1.807) is 0 Å². The van der Waals surface area contributed by atoms with Crippen LogP contribution in [-0.2, 0) is 12.8 Å². The molecule has 3 rings (SSSR count). The second kappa shape index (κ2) is 4.78. The molecule has 5 heteroatoms. The highest BCUT2D eigenvalue weighted by atomic mass is 16.5. The van der Waals surface area contributed by atoms with Gasteiger partial charge in [0.2, 0.25) is 11.7 Å². The molecule has 94 valence electrons. The molecule has 0 fully saturated rings. The van der Waals surface area contributed by atoms with E-state index in [2.05, 4.69) is 16.2 Å². The van der Waals surface area contributed by atoms with E-state index in [-0.39, 0.29) is 0 Å². The molecule has 0 aliphatic carbocycles. The lowest BCUT2D eigenvalue weighted by Crippen LogP contribution is -2.08. The summed E-state index contributed by atoms with van der Waals surface area (Å²) < 4.78 is 10.7. The molecule has 0 unspecified atom stereocenters. The average Bonchev–Trinajstić information content (AvgIpc) is 2.87. The van der Waals surface area contributed by atoms with Crippen LogP contribution < -0.4 is 10.5 Å². The predicted octanol–water partition coefficient (Wildman–Crippen LogP) is 1.56. The van der Waals surface area contributed by atoms with Crippen LogP contribution in [-0.4, -0.2) is 23.3 Å². The number of hydrogen-bond acceptors (Lipinski definition) is 5. The lowest BCUT2D eigenvalue weighted by atomic mass is 10.0. The van der Waals surface area contributed by atoms with E-state index in [1.807, 2.05) is 12.1 Å². The lowest BCUT2D eigenvalue weighted by molar-refractivity contribution is 0.288. The number of aromatic nitrogens is 2. The van der Waals surface area contributed by atoms with E-state index >= 15 is 0 Å². The van der Waals surface area contributed by atoms with E-state index < -0.39 is 0 Å². The van der Waals surface area contributed by atoms with Crippen molar-refractivity contribution in [1.82, 2.24) is 10.1 Å². The molecule has 0 radical (unpaired) electrons. The zero-order valence-corrected chi connectivity index (χ0v) is 10.1. The summed E-state index contributed by atoms with van der Waals surface area (Å²) >= 11 is 0. The van der Waals surface area contributed by atoms with Crippen LogP contribution in [0.25, 0.3) is 11.4 Å². The summed E-state index contributed by atoms with van der Waals surface area (Å²) in [6.07, 6.45) is 2.71. The van der Waals surface area contributed by atoms with Gasteiger partial charge in [0.1, 0.15) is 5.75 Å². The second-order valence-corrected chi connectivity index (χ2v) is 4.32. The van der Waals surface area contributed by atoms with Gasteiger partial charge in [0.25, 0.3) is 0 Å². The molecule has 1 aliphatic rings. The third kappa shape index (κ3) is 2.09. The first kappa shape index (κ1) is 11.2. The minimum Gasteiger partial charge on any atom is -0.493 e. The van der Waals surface area contributed by atoms with Crippen molar-refractivity contribution < 1.29 is 9.26 Å². The maximum absolute atomic E-state index is 5.58. The third-order valence-electron chi connectivity index (χ3n) is 2.99. The maximum atomic E-state index is 5.58. The largest absolute Gasteiger partial charge is 0.493 e. The van der Waals surface area contributed by atoms with Crippen molar-refractivity contribution in [3.63, 3.8) is 0 Å². The van der Waals surface area contributed by atoms with E-state index in [4.69, 9.17) is 15.0 Å². The molecule has 0 saturated carbocycles. The summed E-state index contributed by atoms with van der Waals surface area (Å²) in [5, 5.41) is 3.97. The minimum absolute atomic E-state index is 0.514. The Hall–Kier alpha value is -1.88. The van der Waals surface area contributed by atoms with E-state index in [9.17, 15) is 0 Å². The first-order valence-corrected chi connectivity index (χ1v) is 6.15. The normalized spacial score (nSPS) is 14.1. The van der Waals surface area contributed by atoms with Crippen molar-refractivity contribution in [3.05, 3.63) is 29.7 Å². The molecular weight excluding hydrogens is 230 g/mol. The van der Waals surface area contributed by atoms with Gasteiger partial charge in [-0.1, -0.05) is 5.16 Å². The highest BCUT2D eigenvalue weighted by Gasteiger charge is 2.14. The third-order valence-corrected chi connectivity index (χ3v) is 2.99. The van der Waals surface area contributed by atoms with Gasteiger partial charge in [0.15, 0.2) is 0 Å². The van der Waals surface area contributed by atoms with Crippen LogP contribution in [0.15, 0.2) is 22.7 Å². The molecule has 1 aromatic carbocycles. The lowest BCUT2D eigenvalue weighted by Gasteiger charge is -2.17. The fourth-order valence-corrected chi connectivity index (χ4v) is 2.10. The van der Waals surface area contributed by atoms with Gasteiger partial charge in [-0.2, -0.15) is 4.98 Å². The Bertz CT molecular complexity index is 551. The average molecular weight is 245 g/mol. The molecule has 2 heterocycles. The molecule has 1 aliphatic heterocycles. The summed E-state index contributed by atoms with van der Waals surface area (Å²) in [7, 11) is 0. The van der Waals surface area contributed by atoms with Gasteiger partial charge in [0, 0.05) is 18.5 Å². The van der Waals surface area contributed by atoms with E-state index in [1.165, 1.54) is 5.56 Å². The monoisotopic (exact) mass is 245 g/mol. The molecule has 2 N–H and O–H groups in total. The zero-order chi connectivity index (χ0) is 12.4. The smallest absolute Gasteiger partial charge is 0.228 e. The topological polar surface area (TPSA) is 74.2 Å². The maximum Gasteiger partial charge on any atom is 0.228 e. The predicted molar refractivity (Wildman–Crippen MR) is 66.3 cm³/mol. The number of nitrogens with two attached hydrogens (primary N) is 1. The zero-order valence-electron chi connectivity index (χ0n) is 10.1. The molecule has 0 bridgehead atoms. The highest BCUT2D eigenvalue weighted by Crippen LogP contribution is 2.28. The summed E-state index contributed by atoms with van der Waals surface area (Å²) in [6, 6.07) is 6.01. The van der Waals surface area contributed by atoms with Crippen LogP contribution in [0.2, 0.25) is 0 Å². The Morgan fingerprint density at radius 2 is 2.28 bits per heavy atom. The van der Waals surface area contributed by atoms with E-state index in [0.717, 1.165) is 30.8 Å². The van der Waals surface area contributed by atoms with Crippen LogP contribution >= 0.6 is 0 Å². The van der Waals surface area contributed by atoms with Crippen molar-refractivity contribution in [2.45, 2.75) is 19.3 Å². The molecule has 2 aromatic rings. The Labute approximate surface area is 105 Å². The molecule has 0 atom stereocenters. The molecule has 0 saturated heterocycles. The summed E-state index contributed by atoms with van der Waals surface area (Å²) in [4.78, 5) is 4.32. The van der Waals surface area contributed by atoms with Crippen molar-refractivity contribution >= 4 is 0 Å². The van der Waals surface area contributed by atoms with Crippen molar-refractivity contribution in [3.8, 4) is 17.1 Å². The minimum atomic E-state index is 0.514.